The van der Waals surface area contributed by atoms with Crippen LogP contribution in [0.4, 0.5) is 5.69 Å². The Kier molecular flexibility index (Phi) is 4.77. The molecule has 1 atom stereocenters. The number of anilines is 1. The van der Waals surface area contributed by atoms with Crippen LogP contribution < -0.4 is 10.6 Å². The van der Waals surface area contributed by atoms with E-state index in [0.717, 1.165) is 17.8 Å². The van der Waals surface area contributed by atoms with Crippen LogP contribution in [-0.2, 0) is 14.8 Å². The second kappa shape index (κ2) is 7.12. The Morgan fingerprint density at radius 1 is 1.14 bits per heavy atom. The topological polar surface area (TPSA) is 113 Å². The van der Waals surface area contributed by atoms with Crippen molar-refractivity contribution in [3.63, 3.8) is 0 Å². The number of amides is 3. The summed E-state index contributed by atoms with van der Waals surface area (Å²) in [4.78, 5) is 36.3. The molecule has 8 nitrogen and oxygen atoms in total. The highest BCUT2D eigenvalue weighted by Crippen LogP contribution is 2.29. The molecule has 0 aliphatic carbocycles. The molecule has 4 rings (SSSR count). The highest BCUT2D eigenvalue weighted by Gasteiger charge is 2.38. The van der Waals surface area contributed by atoms with Gasteiger partial charge in [-0.1, -0.05) is 12.5 Å². The molecule has 3 heterocycles. The molecule has 28 heavy (non-hydrogen) atoms. The Bertz CT molecular complexity index is 1060. The number of piperidine rings is 1. The third-order valence-electron chi connectivity index (χ3n) is 4.82. The zero-order valence-corrected chi connectivity index (χ0v) is 16.3. The van der Waals surface area contributed by atoms with Gasteiger partial charge in [-0.15, -0.1) is 11.3 Å². The third kappa shape index (κ3) is 3.23. The molecule has 146 valence electrons. The van der Waals surface area contributed by atoms with Crippen molar-refractivity contribution in [3.8, 4) is 0 Å². The number of imide groups is 1. The SMILES string of the molecule is O=C1NC(=O)c2cc(NC(=O)C3CCCCN3S(=O)(=O)c3cccs3)ccc21. The third-order valence-corrected chi connectivity index (χ3v) is 8.10. The lowest BCUT2D eigenvalue weighted by molar-refractivity contribution is -0.120. The van der Waals surface area contributed by atoms with E-state index in [1.54, 1.807) is 11.4 Å². The second-order valence-corrected chi connectivity index (χ2v) is 9.66. The fraction of sp³-hybridized carbons (Fsp3) is 0.278. The fourth-order valence-electron chi connectivity index (χ4n) is 3.45. The fourth-order valence-corrected chi connectivity index (χ4v) is 6.23. The molecule has 0 radical (unpaired) electrons. The number of rotatable bonds is 4. The Balaban J connectivity index is 1.58. The van der Waals surface area contributed by atoms with Crippen LogP contribution >= 0.6 is 11.3 Å². The number of carbonyl (C=O) groups excluding carboxylic acids is 3. The van der Waals surface area contributed by atoms with Crippen molar-refractivity contribution in [1.82, 2.24) is 9.62 Å². The molecule has 2 aliphatic heterocycles. The molecule has 2 aromatic rings. The first-order valence-electron chi connectivity index (χ1n) is 8.74. The summed E-state index contributed by atoms with van der Waals surface area (Å²) in [5.74, 6) is -1.45. The molecular weight excluding hydrogens is 402 g/mol. The molecule has 1 saturated heterocycles. The minimum absolute atomic E-state index is 0.189. The van der Waals surface area contributed by atoms with Gasteiger partial charge in [-0.3, -0.25) is 19.7 Å². The summed E-state index contributed by atoms with van der Waals surface area (Å²) >= 11 is 1.12. The van der Waals surface area contributed by atoms with Gasteiger partial charge in [-0.05, 0) is 42.5 Å². The van der Waals surface area contributed by atoms with Gasteiger partial charge in [0.25, 0.3) is 21.8 Å². The molecule has 1 unspecified atom stereocenters. The Labute approximate surface area is 165 Å². The van der Waals surface area contributed by atoms with Gasteiger partial charge in [0.2, 0.25) is 5.91 Å². The summed E-state index contributed by atoms with van der Waals surface area (Å²) in [7, 11) is -3.75. The summed E-state index contributed by atoms with van der Waals surface area (Å²) in [6, 6.07) is 6.77. The highest BCUT2D eigenvalue weighted by atomic mass is 32.2. The largest absolute Gasteiger partial charge is 0.325 e. The van der Waals surface area contributed by atoms with E-state index in [-0.39, 0.29) is 21.9 Å². The van der Waals surface area contributed by atoms with Crippen LogP contribution in [0.15, 0.2) is 39.9 Å². The van der Waals surface area contributed by atoms with E-state index >= 15 is 0 Å². The van der Waals surface area contributed by atoms with Crippen molar-refractivity contribution in [2.45, 2.75) is 29.5 Å². The average molecular weight is 419 g/mol. The predicted molar refractivity (Wildman–Crippen MR) is 103 cm³/mol. The summed E-state index contributed by atoms with van der Waals surface area (Å²) in [6.07, 6.45) is 1.85. The van der Waals surface area contributed by atoms with Crippen LogP contribution in [0.25, 0.3) is 0 Å². The summed E-state index contributed by atoms with van der Waals surface area (Å²) < 4.78 is 27.3. The van der Waals surface area contributed by atoms with Gasteiger partial charge in [-0.25, -0.2) is 8.42 Å². The lowest BCUT2D eigenvalue weighted by atomic mass is 10.0. The second-order valence-electron chi connectivity index (χ2n) is 6.59. The molecule has 2 N–H and O–H groups in total. The number of carbonyl (C=O) groups is 3. The first kappa shape index (κ1) is 18.8. The van der Waals surface area contributed by atoms with Crippen LogP contribution in [0, 0.1) is 0 Å². The average Bonchev–Trinajstić information content (AvgIpc) is 3.31. The lowest BCUT2D eigenvalue weighted by Gasteiger charge is -2.33. The van der Waals surface area contributed by atoms with Gasteiger partial charge >= 0.3 is 0 Å². The molecule has 0 saturated carbocycles. The normalized spacial score (nSPS) is 19.9. The zero-order valence-electron chi connectivity index (χ0n) is 14.7. The van der Waals surface area contributed by atoms with Crippen molar-refractivity contribution in [2.24, 2.45) is 0 Å². The first-order valence-corrected chi connectivity index (χ1v) is 11.1. The molecular formula is C18H17N3O5S2. The minimum Gasteiger partial charge on any atom is -0.325 e. The maximum Gasteiger partial charge on any atom is 0.259 e. The van der Waals surface area contributed by atoms with Crippen molar-refractivity contribution in [2.75, 3.05) is 11.9 Å². The van der Waals surface area contributed by atoms with Crippen molar-refractivity contribution in [3.05, 3.63) is 46.8 Å². The molecule has 3 amide bonds. The summed E-state index contributed by atoms with van der Waals surface area (Å²) in [5, 5.41) is 6.57. The highest BCUT2D eigenvalue weighted by molar-refractivity contribution is 7.91. The van der Waals surface area contributed by atoms with Crippen LogP contribution in [0.2, 0.25) is 0 Å². The molecule has 1 aromatic carbocycles. The quantitative estimate of drug-likeness (QED) is 0.734. The van der Waals surface area contributed by atoms with Gasteiger partial charge in [-0.2, -0.15) is 4.31 Å². The van der Waals surface area contributed by atoms with Crippen LogP contribution in [-0.4, -0.2) is 43.0 Å². The van der Waals surface area contributed by atoms with Crippen molar-refractivity contribution >= 4 is 44.8 Å². The van der Waals surface area contributed by atoms with Crippen LogP contribution in [0.1, 0.15) is 40.0 Å². The van der Waals surface area contributed by atoms with E-state index in [0.29, 0.717) is 18.5 Å². The number of hydrogen-bond acceptors (Lipinski definition) is 6. The number of nitrogens with zero attached hydrogens (tertiary/aromatic N) is 1. The van der Waals surface area contributed by atoms with E-state index in [2.05, 4.69) is 10.6 Å². The molecule has 2 aliphatic rings. The molecule has 10 heteroatoms. The van der Waals surface area contributed by atoms with Crippen molar-refractivity contribution < 1.29 is 22.8 Å². The maximum absolute atomic E-state index is 12.9. The van der Waals surface area contributed by atoms with E-state index in [1.165, 1.54) is 28.6 Å². The Morgan fingerprint density at radius 3 is 2.68 bits per heavy atom. The number of sulfonamides is 1. The number of benzene rings is 1. The molecule has 0 spiro atoms. The van der Waals surface area contributed by atoms with Gasteiger partial charge in [0, 0.05) is 12.2 Å². The number of nitrogens with one attached hydrogen (secondary N) is 2. The predicted octanol–water partition coefficient (Wildman–Crippen LogP) is 1.81. The minimum atomic E-state index is -3.75. The van der Waals surface area contributed by atoms with E-state index in [1.807, 2.05) is 0 Å². The molecule has 1 fully saturated rings. The van der Waals surface area contributed by atoms with E-state index in [4.69, 9.17) is 0 Å². The summed E-state index contributed by atoms with van der Waals surface area (Å²) in [6.45, 7) is 0.277. The van der Waals surface area contributed by atoms with Gasteiger partial charge < -0.3 is 5.32 Å². The van der Waals surface area contributed by atoms with E-state index in [9.17, 15) is 22.8 Å². The number of hydrogen-bond donors (Lipinski definition) is 2. The van der Waals surface area contributed by atoms with Crippen LogP contribution in [0.5, 0.6) is 0 Å². The summed E-state index contributed by atoms with van der Waals surface area (Å²) in [5.41, 5.74) is 0.782. The molecule has 0 bridgehead atoms. The van der Waals surface area contributed by atoms with Crippen LogP contribution in [0.3, 0.4) is 0 Å². The monoisotopic (exact) mass is 419 g/mol. The number of thiophene rings is 1. The van der Waals surface area contributed by atoms with Gasteiger partial charge in [0.05, 0.1) is 11.1 Å². The number of fused-ring (bicyclic) bond motifs is 1. The van der Waals surface area contributed by atoms with Gasteiger partial charge in [0.1, 0.15) is 10.3 Å². The lowest BCUT2D eigenvalue weighted by Crippen LogP contribution is -2.49. The van der Waals surface area contributed by atoms with E-state index < -0.39 is 33.8 Å². The zero-order chi connectivity index (χ0) is 19.9. The van der Waals surface area contributed by atoms with Gasteiger partial charge in [0.15, 0.2) is 0 Å². The Hall–Kier alpha value is -2.56. The maximum atomic E-state index is 12.9. The first-order chi connectivity index (χ1) is 13.4. The molecule has 1 aromatic heterocycles. The standard InChI is InChI=1S/C18H17N3O5S2/c22-16-12-7-6-11(10-13(12)17(23)20-16)19-18(24)14-4-1-2-8-21(14)28(25,26)15-5-3-9-27-15/h3,5-7,9-10,14H,1-2,4,8H2,(H,19,24)(H,20,22,23). The smallest absolute Gasteiger partial charge is 0.259 e. The Morgan fingerprint density at radius 2 is 1.93 bits per heavy atom. The van der Waals surface area contributed by atoms with Crippen molar-refractivity contribution in [1.29, 1.82) is 0 Å².